The molecular formula is C19H22N2O3S. The highest BCUT2D eigenvalue weighted by molar-refractivity contribution is 7.18. The van der Waals surface area contributed by atoms with E-state index < -0.39 is 6.10 Å². The Morgan fingerprint density at radius 2 is 2.00 bits per heavy atom. The lowest BCUT2D eigenvalue weighted by atomic mass is 10.2. The first kappa shape index (κ1) is 17.6. The second-order valence-electron chi connectivity index (χ2n) is 5.95. The Morgan fingerprint density at radius 1 is 1.24 bits per heavy atom. The van der Waals surface area contributed by atoms with Gasteiger partial charge in [0.25, 0.3) is 5.56 Å². The molecule has 2 heterocycles. The van der Waals surface area contributed by atoms with E-state index in [0.717, 1.165) is 22.5 Å². The third-order valence-corrected chi connectivity index (χ3v) is 5.29. The number of hydrogen-bond acceptors (Lipinski definition) is 5. The quantitative estimate of drug-likeness (QED) is 0.705. The maximum absolute atomic E-state index is 12.5. The average Bonchev–Trinajstić information content (AvgIpc) is 3.07. The van der Waals surface area contributed by atoms with E-state index in [4.69, 9.17) is 4.74 Å². The highest BCUT2D eigenvalue weighted by Gasteiger charge is 2.12. The van der Waals surface area contributed by atoms with E-state index >= 15 is 0 Å². The van der Waals surface area contributed by atoms with Crippen molar-refractivity contribution < 1.29 is 9.84 Å². The Balaban J connectivity index is 1.65. The van der Waals surface area contributed by atoms with Crippen molar-refractivity contribution in [2.75, 3.05) is 6.61 Å². The van der Waals surface area contributed by atoms with Gasteiger partial charge in [-0.2, -0.15) is 0 Å². The van der Waals surface area contributed by atoms with Crippen LogP contribution in [0.1, 0.15) is 24.3 Å². The van der Waals surface area contributed by atoms with Crippen LogP contribution in [-0.2, 0) is 19.4 Å². The highest BCUT2D eigenvalue weighted by atomic mass is 32.1. The first-order valence-corrected chi connectivity index (χ1v) is 9.30. The van der Waals surface area contributed by atoms with Gasteiger partial charge in [0.2, 0.25) is 0 Å². The van der Waals surface area contributed by atoms with Crippen LogP contribution in [-0.4, -0.2) is 27.4 Å². The highest BCUT2D eigenvalue weighted by Crippen LogP contribution is 2.21. The maximum Gasteiger partial charge on any atom is 0.262 e. The molecule has 1 unspecified atom stereocenters. The minimum Gasteiger partial charge on any atom is -0.491 e. The molecule has 0 fully saturated rings. The summed E-state index contributed by atoms with van der Waals surface area (Å²) in [4.78, 5) is 18.7. The van der Waals surface area contributed by atoms with Crippen molar-refractivity contribution in [3.05, 3.63) is 57.5 Å². The summed E-state index contributed by atoms with van der Waals surface area (Å²) in [6.07, 6.45) is 2.57. The zero-order chi connectivity index (χ0) is 17.8. The van der Waals surface area contributed by atoms with Gasteiger partial charge in [-0.25, -0.2) is 4.98 Å². The maximum atomic E-state index is 12.5. The van der Waals surface area contributed by atoms with Crippen LogP contribution >= 0.6 is 11.3 Å². The Hall–Kier alpha value is -2.18. The fraction of sp³-hybridized carbons (Fsp3) is 0.368. The molecule has 0 bridgehead atoms. The van der Waals surface area contributed by atoms with Gasteiger partial charge in [-0.05, 0) is 36.6 Å². The van der Waals surface area contributed by atoms with Crippen LogP contribution in [0.2, 0.25) is 0 Å². The van der Waals surface area contributed by atoms with E-state index in [1.807, 2.05) is 30.3 Å². The zero-order valence-corrected chi connectivity index (χ0v) is 15.3. The van der Waals surface area contributed by atoms with Gasteiger partial charge in [-0.1, -0.05) is 26.0 Å². The first-order valence-electron chi connectivity index (χ1n) is 8.48. The van der Waals surface area contributed by atoms with Gasteiger partial charge >= 0.3 is 0 Å². The largest absolute Gasteiger partial charge is 0.491 e. The second kappa shape index (κ2) is 7.80. The minimum absolute atomic E-state index is 0.118. The summed E-state index contributed by atoms with van der Waals surface area (Å²) in [5, 5.41) is 10.8. The summed E-state index contributed by atoms with van der Waals surface area (Å²) in [7, 11) is 0. The SMILES string of the molecule is CCc1ccc(OCC(O)Cn2cnc3sc(CC)cc3c2=O)cc1. The lowest BCUT2D eigenvalue weighted by Gasteiger charge is -2.14. The van der Waals surface area contributed by atoms with E-state index in [1.54, 1.807) is 0 Å². The normalized spacial score (nSPS) is 12.4. The molecule has 1 atom stereocenters. The molecule has 0 amide bonds. The standard InChI is InChI=1S/C19H22N2O3S/c1-3-13-5-7-15(8-6-13)24-11-14(22)10-21-12-20-18-17(19(21)23)9-16(4-2)25-18/h5-9,12,14,22H,3-4,10-11H2,1-2H3. The number of ether oxygens (including phenoxy) is 1. The molecule has 1 aromatic carbocycles. The molecule has 5 nitrogen and oxygen atoms in total. The molecule has 6 heteroatoms. The van der Waals surface area contributed by atoms with Crippen LogP contribution in [0, 0.1) is 0 Å². The van der Waals surface area contributed by atoms with Gasteiger partial charge in [0.1, 0.15) is 23.3 Å². The number of aryl methyl sites for hydroxylation is 2. The van der Waals surface area contributed by atoms with Crippen LogP contribution in [0.5, 0.6) is 5.75 Å². The van der Waals surface area contributed by atoms with Crippen molar-refractivity contribution in [3.8, 4) is 5.75 Å². The van der Waals surface area contributed by atoms with Crippen molar-refractivity contribution in [2.45, 2.75) is 39.3 Å². The molecule has 0 aliphatic heterocycles. The zero-order valence-electron chi connectivity index (χ0n) is 14.4. The summed E-state index contributed by atoms with van der Waals surface area (Å²) in [5.74, 6) is 0.711. The molecular weight excluding hydrogens is 336 g/mol. The van der Waals surface area contributed by atoms with Crippen LogP contribution in [0.3, 0.4) is 0 Å². The van der Waals surface area contributed by atoms with Crippen LogP contribution in [0.15, 0.2) is 41.5 Å². The lowest BCUT2D eigenvalue weighted by Crippen LogP contribution is -2.30. The molecule has 0 aliphatic carbocycles. The molecule has 0 aliphatic rings. The lowest BCUT2D eigenvalue weighted by molar-refractivity contribution is 0.0915. The topological polar surface area (TPSA) is 64.3 Å². The predicted octanol–water partition coefficient (Wildman–Crippen LogP) is 3.02. The first-order chi connectivity index (χ1) is 12.1. The molecule has 3 rings (SSSR count). The van der Waals surface area contributed by atoms with Crippen LogP contribution in [0.4, 0.5) is 0 Å². The Kier molecular flexibility index (Phi) is 5.50. The molecule has 1 N–H and O–H groups in total. The number of nitrogens with zero attached hydrogens (tertiary/aromatic N) is 2. The summed E-state index contributed by atoms with van der Waals surface area (Å²) in [6, 6.07) is 9.69. The van der Waals surface area contributed by atoms with Crippen molar-refractivity contribution >= 4 is 21.6 Å². The second-order valence-corrected chi connectivity index (χ2v) is 7.06. The fourth-order valence-electron chi connectivity index (χ4n) is 2.61. The number of rotatable bonds is 7. The van der Waals surface area contributed by atoms with Crippen LogP contribution < -0.4 is 10.3 Å². The molecule has 2 aromatic heterocycles. The molecule has 0 radical (unpaired) electrons. The monoisotopic (exact) mass is 358 g/mol. The van der Waals surface area contributed by atoms with Crippen LogP contribution in [0.25, 0.3) is 10.2 Å². The van der Waals surface area contributed by atoms with E-state index in [-0.39, 0.29) is 18.7 Å². The smallest absolute Gasteiger partial charge is 0.262 e. The molecule has 0 saturated heterocycles. The number of fused-ring (bicyclic) bond motifs is 1. The number of aromatic nitrogens is 2. The van der Waals surface area contributed by atoms with Gasteiger partial charge in [-0.3, -0.25) is 9.36 Å². The van der Waals surface area contributed by atoms with Gasteiger partial charge in [-0.15, -0.1) is 11.3 Å². The average molecular weight is 358 g/mol. The van der Waals surface area contributed by atoms with Crippen molar-refractivity contribution in [3.63, 3.8) is 0 Å². The van der Waals surface area contributed by atoms with E-state index in [0.29, 0.717) is 11.1 Å². The summed E-state index contributed by atoms with van der Waals surface area (Å²) in [6.45, 7) is 4.43. The summed E-state index contributed by atoms with van der Waals surface area (Å²) in [5.41, 5.74) is 1.12. The summed E-state index contributed by atoms with van der Waals surface area (Å²) >= 11 is 1.54. The molecule has 0 saturated carbocycles. The van der Waals surface area contributed by atoms with Gasteiger partial charge < -0.3 is 9.84 Å². The van der Waals surface area contributed by atoms with Crippen molar-refractivity contribution in [2.24, 2.45) is 0 Å². The number of thiophene rings is 1. The number of hydrogen-bond donors (Lipinski definition) is 1. The van der Waals surface area contributed by atoms with Crippen molar-refractivity contribution in [1.82, 2.24) is 9.55 Å². The van der Waals surface area contributed by atoms with Gasteiger partial charge in [0.15, 0.2) is 0 Å². The number of benzene rings is 1. The number of aliphatic hydroxyl groups is 1. The third-order valence-electron chi connectivity index (χ3n) is 4.10. The fourth-order valence-corrected chi connectivity index (χ4v) is 3.53. The molecule has 25 heavy (non-hydrogen) atoms. The van der Waals surface area contributed by atoms with E-state index in [2.05, 4.69) is 18.8 Å². The van der Waals surface area contributed by atoms with Gasteiger partial charge in [0.05, 0.1) is 18.3 Å². The van der Waals surface area contributed by atoms with Crippen molar-refractivity contribution in [1.29, 1.82) is 0 Å². The Labute approximate surface area is 150 Å². The van der Waals surface area contributed by atoms with E-state index in [9.17, 15) is 9.90 Å². The predicted molar refractivity (Wildman–Crippen MR) is 101 cm³/mol. The van der Waals surface area contributed by atoms with Gasteiger partial charge in [0, 0.05) is 4.88 Å². The molecule has 3 aromatic rings. The van der Waals surface area contributed by atoms with E-state index in [1.165, 1.54) is 27.8 Å². The Bertz CT molecular complexity index is 899. The summed E-state index contributed by atoms with van der Waals surface area (Å²) < 4.78 is 7.05. The minimum atomic E-state index is -0.785. The third kappa shape index (κ3) is 4.08. The Morgan fingerprint density at radius 3 is 2.68 bits per heavy atom. The molecule has 132 valence electrons. The molecule has 0 spiro atoms. The number of aliphatic hydroxyl groups excluding tert-OH is 1.